The van der Waals surface area contributed by atoms with Gasteiger partial charge in [0.05, 0.1) is 11.8 Å². The molecule has 5 aliphatic rings. The van der Waals surface area contributed by atoms with Gasteiger partial charge >= 0.3 is 6.01 Å². The van der Waals surface area contributed by atoms with Crippen LogP contribution in [0.25, 0.3) is 0 Å². The molecule has 8 heteroatoms. The van der Waals surface area contributed by atoms with E-state index in [4.69, 9.17) is 19.4 Å². The van der Waals surface area contributed by atoms with Crippen LogP contribution < -0.4 is 15.0 Å². The summed E-state index contributed by atoms with van der Waals surface area (Å²) in [6, 6.07) is 11.3. The van der Waals surface area contributed by atoms with Gasteiger partial charge in [-0.2, -0.15) is 9.97 Å². The molecule has 1 aromatic heterocycles. The lowest BCUT2D eigenvalue weighted by atomic mass is 10.00. The minimum atomic E-state index is 0.169. The fraction of sp³-hybridized carbons (Fsp3) is 0.655. The molecule has 0 amide bonds. The van der Waals surface area contributed by atoms with Crippen molar-refractivity contribution in [2.75, 3.05) is 51.8 Å². The minimum absolute atomic E-state index is 0.169. The van der Waals surface area contributed by atoms with Crippen molar-refractivity contribution in [2.24, 2.45) is 0 Å². The van der Waals surface area contributed by atoms with Crippen molar-refractivity contribution in [3.63, 3.8) is 0 Å². The van der Waals surface area contributed by atoms with E-state index < -0.39 is 0 Å². The molecule has 1 N–H and O–H groups in total. The molecule has 5 atom stereocenters. The van der Waals surface area contributed by atoms with Crippen molar-refractivity contribution in [2.45, 2.75) is 75.3 Å². The van der Waals surface area contributed by atoms with Crippen molar-refractivity contribution in [3.05, 3.63) is 46.6 Å². The van der Waals surface area contributed by atoms with Gasteiger partial charge in [-0.1, -0.05) is 24.3 Å². The van der Waals surface area contributed by atoms with Crippen molar-refractivity contribution in [1.82, 2.24) is 25.1 Å². The van der Waals surface area contributed by atoms with Gasteiger partial charge in [0.15, 0.2) is 0 Å². The summed E-state index contributed by atoms with van der Waals surface area (Å²) >= 11 is 0. The number of benzene rings is 1. The Balaban J connectivity index is 1.18. The van der Waals surface area contributed by atoms with Crippen molar-refractivity contribution in [1.29, 1.82) is 0 Å². The van der Waals surface area contributed by atoms with Crippen LogP contribution in [0.1, 0.15) is 66.6 Å². The molecule has 37 heavy (non-hydrogen) atoms. The van der Waals surface area contributed by atoms with Crippen LogP contribution in [0.2, 0.25) is 0 Å². The van der Waals surface area contributed by atoms with Gasteiger partial charge in [0.1, 0.15) is 12.4 Å². The van der Waals surface area contributed by atoms with Crippen molar-refractivity contribution in [3.8, 4) is 6.01 Å². The lowest BCUT2D eigenvalue weighted by molar-refractivity contribution is 0.0732. The summed E-state index contributed by atoms with van der Waals surface area (Å²) in [5, 5.41) is 3.77. The van der Waals surface area contributed by atoms with E-state index in [1.165, 1.54) is 42.4 Å². The van der Waals surface area contributed by atoms with Crippen LogP contribution in [-0.4, -0.2) is 84.8 Å². The molecule has 1 aliphatic carbocycles. The molecule has 2 bridgehead atoms. The average molecular weight is 505 g/mol. The normalized spacial score (nSPS) is 31.5. The molecular formula is C29H40N6O2. The van der Waals surface area contributed by atoms with Gasteiger partial charge in [0, 0.05) is 63.0 Å². The van der Waals surface area contributed by atoms with Gasteiger partial charge in [-0.3, -0.25) is 4.90 Å². The number of piperazine rings is 1. The summed E-state index contributed by atoms with van der Waals surface area (Å²) in [6.45, 7) is 5.72. The first kappa shape index (κ1) is 23.8. The van der Waals surface area contributed by atoms with Crippen molar-refractivity contribution >= 4 is 5.82 Å². The first-order valence-corrected chi connectivity index (χ1v) is 14.3. The number of hydrogen-bond donors (Lipinski definition) is 1. The average Bonchev–Trinajstić information content (AvgIpc) is 3.62. The Morgan fingerprint density at radius 1 is 1.03 bits per heavy atom. The Labute approximate surface area is 220 Å². The van der Waals surface area contributed by atoms with E-state index in [9.17, 15) is 0 Å². The Morgan fingerprint density at radius 3 is 2.59 bits per heavy atom. The van der Waals surface area contributed by atoms with Crippen LogP contribution in [0, 0.1) is 0 Å². The van der Waals surface area contributed by atoms with Gasteiger partial charge in [-0.25, -0.2) is 0 Å². The highest BCUT2D eigenvalue weighted by molar-refractivity contribution is 5.52. The summed E-state index contributed by atoms with van der Waals surface area (Å²) < 4.78 is 12.2. The van der Waals surface area contributed by atoms with Gasteiger partial charge in [-0.15, -0.1) is 0 Å². The zero-order valence-corrected chi connectivity index (χ0v) is 22.2. The van der Waals surface area contributed by atoms with Gasteiger partial charge in [-0.05, 0) is 63.2 Å². The molecule has 3 unspecified atom stereocenters. The van der Waals surface area contributed by atoms with E-state index in [2.05, 4.69) is 51.3 Å². The topological polar surface area (TPSA) is 66.0 Å². The summed E-state index contributed by atoms with van der Waals surface area (Å²) in [4.78, 5) is 17.7. The van der Waals surface area contributed by atoms with E-state index >= 15 is 0 Å². The first-order chi connectivity index (χ1) is 18.2. The highest BCUT2D eigenvalue weighted by atomic mass is 16.5. The smallest absolute Gasteiger partial charge is 0.318 e. The molecule has 2 aromatic rings. The number of anilines is 1. The number of hydrogen-bond acceptors (Lipinski definition) is 8. The Hall–Kier alpha value is -2.26. The zero-order chi connectivity index (χ0) is 24.9. The second kappa shape index (κ2) is 9.80. The summed E-state index contributed by atoms with van der Waals surface area (Å²) in [6.07, 6.45) is 7.11. The third-order valence-electron chi connectivity index (χ3n) is 9.51. The molecule has 3 fully saturated rings. The number of ether oxygens (including phenoxy) is 2. The van der Waals surface area contributed by atoms with E-state index in [0.717, 1.165) is 57.1 Å². The largest absolute Gasteiger partial charge is 0.462 e. The molecule has 198 valence electrons. The zero-order valence-electron chi connectivity index (χ0n) is 22.2. The molecule has 5 heterocycles. The quantitative estimate of drug-likeness (QED) is 0.644. The Morgan fingerprint density at radius 2 is 1.84 bits per heavy atom. The summed E-state index contributed by atoms with van der Waals surface area (Å²) in [5.41, 5.74) is 5.23. The first-order valence-electron chi connectivity index (χ1n) is 14.3. The van der Waals surface area contributed by atoms with E-state index in [-0.39, 0.29) is 6.10 Å². The SMILES string of the molecule is COC1CC(N2CCc3c(nc(OCC4CCCN4C)nc3N3C[C@H]4CC[C@@H](C3)N4)C2)c2ccccc21. The maximum absolute atomic E-state index is 6.33. The molecular weight excluding hydrogens is 464 g/mol. The number of fused-ring (bicyclic) bond motifs is 4. The highest BCUT2D eigenvalue weighted by Crippen LogP contribution is 2.45. The number of nitrogens with one attached hydrogen (secondary N) is 1. The van der Waals surface area contributed by atoms with Crippen LogP contribution in [-0.2, 0) is 17.7 Å². The highest BCUT2D eigenvalue weighted by Gasteiger charge is 2.39. The lowest BCUT2D eigenvalue weighted by Crippen LogP contribution is -2.52. The van der Waals surface area contributed by atoms with E-state index in [1.54, 1.807) is 0 Å². The molecule has 0 radical (unpaired) electrons. The maximum Gasteiger partial charge on any atom is 0.318 e. The fourth-order valence-corrected chi connectivity index (χ4v) is 7.46. The number of rotatable bonds is 6. The Kier molecular flexibility index (Phi) is 6.31. The summed E-state index contributed by atoms with van der Waals surface area (Å²) in [5.74, 6) is 1.12. The monoisotopic (exact) mass is 504 g/mol. The number of likely N-dealkylation sites (N-methyl/N-ethyl adjacent to an activating group) is 1. The molecule has 8 nitrogen and oxygen atoms in total. The predicted molar refractivity (Wildman–Crippen MR) is 143 cm³/mol. The standard InChI is InChI=1S/C29H40N6O2/c1-33-12-5-6-21(33)18-37-29-31-25-17-34(26-14-27(36-2)23-8-4-3-7-22(23)26)13-11-24(25)28(32-29)35-15-19-9-10-20(16-35)30-19/h3-4,7-8,19-21,26-27,30H,5-6,9-18H2,1-2H3/t19-,20+,21?,26?,27?. The number of likely N-dealkylation sites (tertiary alicyclic amines) is 1. The second-order valence-corrected chi connectivity index (χ2v) is 11.7. The van der Waals surface area contributed by atoms with E-state index in [0.29, 0.717) is 36.8 Å². The third-order valence-corrected chi connectivity index (χ3v) is 9.51. The molecule has 7 rings (SSSR count). The van der Waals surface area contributed by atoms with Crippen LogP contribution >= 0.6 is 0 Å². The van der Waals surface area contributed by atoms with Gasteiger partial charge in [0.25, 0.3) is 0 Å². The summed E-state index contributed by atoms with van der Waals surface area (Å²) in [7, 11) is 4.03. The number of nitrogens with zero attached hydrogens (tertiary/aromatic N) is 5. The van der Waals surface area contributed by atoms with Gasteiger partial charge in [0.2, 0.25) is 0 Å². The minimum Gasteiger partial charge on any atom is -0.462 e. The maximum atomic E-state index is 6.33. The lowest BCUT2D eigenvalue weighted by Gasteiger charge is -2.38. The third kappa shape index (κ3) is 4.42. The number of methoxy groups -OCH3 is 1. The molecule has 0 spiro atoms. The molecule has 0 saturated carbocycles. The van der Waals surface area contributed by atoms with E-state index in [1.807, 2.05) is 7.11 Å². The van der Waals surface area contributed by atoms with Crippen LogP contribution in [0.3, 0.4) is 0 Å². The fourth-order valence-electron chi connectivity index (χ4n) is 7.46. The predicted octanol–water partition coefficient (Wildman–Crippen LogP) is 3.08. The number of aromatic nitrogens is 2. The molecule has 1 aromatic carbocycles. The van der Waals surface area contributed by atoms with Crippen molar-refractivity contribution < 1.29 is 9.47 Å². The molecule has 4 aliphatic heterocycles. The van der Waals surface area contributed by atoms with Crippen LogP contribution in [0.15, 0.2) is 24.3 Å². The van der Waals surface area contributed by atoms with Crippen LogP contribution in [0.4, 0.5) is 5.82 Å². The Bertz CT molecular complexity index is 1130. The van der Waals surface area contributed by atoms with Gasteiger partial charge < -0.3 is 24.6 Å². The second-order valence-electron chi connectivity index (χ2n) is 11.7. The van der Waals surface area contributed by atoms with Crippen LogP contribution in [0.5, 0.6) is 6.01 Å². The molecule has 3 saturated heterocycles.